The average molecular weight is 394 g/mol. The van der Waals surface area contributed by atoms with Crippen molar-refractivity contribution in [2.24, 2.45) is 0 Å². The van der Waals surface area contributed by atoms with Gasteiger partial charge in [-0.05, 0) is 36.6 Å². The van der Waals surface area contributed by atoms with Crippen LogP contribution in [0.1, 0.15) is 28.8 Å². The first-order chi connectivity index (χ1) is 12.4. The highest BCUT2D eigenvalue weighted by Crippen LogP contribution is 2.23. The van der Waals surface area contributed by atoms with Gasteiger partial charge in [0.25, 0.3) is 5.91 Å². The molecule has 0 bridgehead atoms. The molecule has 1 aliphatic rings. The van der Waals surface area contributed by atoms with Crippen molar-refractivity contribution in [1.82, 2.24) is 9.62 Å². The van der Waals surface area contributed by atoms with Gasteiger partial charge in [-0.15, -0.1) is 11.3 Å². The lowest BCUT2D eigenvalue weighted by Gasteiger charge is -2.13. The van der Waals surface area contributed by atoms with E-state index in [1.54, 1.807) is 10.3 Å². The number of benzene rings is 1. The van der Waals surface area contributed by atoms with Crippen LogP contribution in [0.15, 0.2) is 39.9 Å². The Hall–Kier alpha value is -1.90. The molecule has 1 N–H and O–H groups in total. The normalized spacial score (nSPS) is 14.6. The summed E-state index contributed by atoms with van der Waals surface area (Å²) >= 11 is 1.08. The van der Waals surface area contributed by atoms with E-state index in [-0.39, 0.29) is 16.7 Å². The summed E-state index contributed by atoms with van der Waals surface area (Å²) in [6.45, 7) is 1.71. The fourth-order valence-electron chi connectivity index (χ4n) is 2.83. The molecule has 2 aromatic rings. The standard InChI is InChI=1S/C18H23N3O3S2/c1-20(2)16-7-5-14(6-8-16)12-19-26(23,24)17-11-15(13-25-17)18(22)21-9-3-4-10-21/h5-8,11,13,19H,3-4,9-10,12H2,1-2H3. The highest BCUT2D eigenvalue weighted by molar-refractivity contribution is 7.91. The minimum absolute atomic E-state index is 0.0838. The molecule has 140 valence electrons. The molecule has 0 spiro atoms. The Kier molecular flexibility index (Phi) is 5.64. The molecule has 0 atom stereocenters. The van der Waals surface area contributed by atoms with Crippen molar-refractivity contribution >= 4 is 33.0 Å². The van der Waals surface area contributed by atoms with E-state index in [4.69, 9.17) is 0 Å². The molecule has 0 radical (unpaired) electrons. The van der Waals surface area contributed by atoms with Crippen LogP contribution in [0.5, 0.6) is 0 Å². The number of carbonyl (C=O) groups excluding carboxylic acids is 1. The van der Waals surface area contributed by atoms with Crippen LogP contribution in [0, 0.1) is 0 Å². The van der Waals surface area contributed by atoms with Crippen LogP contribution in [0.2, 0.25) is 0 Å². The van der Waals surface area contributed by atoms with Crippen LogP contribution in [0.3, 0.4) is 0 Å². The van der Waals surface area contributed by atoms with E-state index in [0.29, 0.717) is 5.56 Å². The van der Waals surface area contributed by atoms with Gasteiger partial charge in [-0.25, -0.2) is 13.1 Å². The second kappa shape index (κ2) is 7.77. The van der Waals surface area contributed by atoms with Gasteiger partial charge in [0.15, 0.2) is 0 Å². The average Bonchev–Trinajstić information content (AvgIpc) is 3.31. The largest absolute Gasteiger partial charge is 0.378 e. The third-order valence-electron chi connectivity index (χ3n) is 4.40. The third-order valence-corrected chi connectivity index (χ3v) is 7.24. The lowest BCUT2D eigenvalue weighted by atomic mass is 10.2. The van der Waals surface area contributed by atoms with Crippen LogP contribution >= 0.6 is 11.3 Å². The fourth-order valence-corrected chi connectivity index (χ4v) is 5.05. The molecule has 6 nitrogen and oxygen atoms in total. The first-order valence-corrected chi connectivity index (χ1v) is 10.9. The zero-order chi connectivity index (χ0) is 18.7. The minimum atomic E-state index is -3.63. The van der Waals surface area contributed by atoms with Crippen molar-refractivity contribution in [2.75, 3.05) is 32.1 Å². The monoisotopic (exact) mass is 393 g/mol. The van der Waals surface area contributed by atoms with E-state index < -0.39 is 10.0 Å². The quantitative estimate of drug-likeness (QED) is 0.819. The Labute approximate surface area is 158 Å². The molecule has 3 rings (SSSR count). The summed E-state index contributed by atoms with van der Waals surface area (Å²) in [5.41, 5.74) is 2.39. The minimum Gasteiger partial charge on any atom is -0.378 e. The maximum Gasteiger partial charge on any atom is 0.254 e. The van der Waals surface area contributed by atoms with Crippen molar-refractivity contribution in [3.05, 3.63) is 46.8 Å². The first-order valence-electron chi connectivity index (χ1n) is 8.50. The Morgan fingerprint density at radius 1 is 1.19 bits per heavy atom. The molecule has 1 aromatic carbocycles. The third kappa shape index (κ3) is 4.25. The lowest BCUT2D eigenvalue weighted by molar-refractivity contribution is 0.0793. The van der Waals surface area contributed by atoms with E-state index in [2.05, 4.69) is 4.72 Å². The number of amides is 1. The maximum atomic E-state index is 12.5. The zero-order valence-corrected chi connectivity index (χ0v) is 16.6. The Balaban J connectivity index is 1.65. The molecular formula is C18H23N3O3S2. The van der Waals surface area contributed by atoms with Crippen molar-refractivity contribution in [3.8, 4) is 0 Å². The number of nitrogens with one attached hydrogen (secondary N) is 1. The number of carbonyl (C=O) groups is 1. The Morgan fingerprint density at radius 3 is 2.46 bits per heavy atom. The van der Waals surface area contributed by atoms with E-state index in [9.17, 15) is 13.2 Å². The predicted octanol–water partition coefficient (Wildman–Crippen LogP) is 2.53. The van der Waals surface area contributed by atoms with Crippen LogP contribution in [-0.2, 0) is 16.6 Å². The second-order valence-corrected chi connectivity index (χ2v) is 9.44. The summed E-state index contributed by atoms with van der Waals surface area (Å²) in [6, 6.07) is 9.16. The summed E-state index contributed by atoms with van der Waals surface area (Å²) in [5, 5.41) is 1.63. The molecular weight excluding hydrogens is 370 g/mol. The molecule has 1 saturated heterocycles. The van der Waals surface area contributed by atoms with Crippen molar-refractivity contribution in [2.45, 2.75) is 23.6 Å². The van der Waals surface area contributed by atoms with Gasteiger partial charge >= 0.3 is 0 Å². The Morgan fingerprint density at radius 2 is 1.85 bits per heavy atom. The number of hydrogen-bond acceptors (Lipinski definition) is 5. The van der Waals surface area contributed by atoms with Gasteiger partial charge in [0.2, 0.25) is 10.0 Å². The predicted molar refractivity (Wildman–Crippen MR) is 104 cm³/mol. The molecule has 26 heavy (non-hydrogen) atoms. The molecule has 0 saturated carbocycles. The number of likely N-dealkylation sites (tertiary alicyclic amines) is 1. The molecule has 0 aliphatic carbocycles. The molecule has 8 heteroatoms. The molecule has 1 amide bonds. The van der Waals surface area contributed by atoms with Gasteiger partial charge in [0, 0.05) is 44.8 Å². The van der Waals surface area contributed by atoms with Gasteiger partial charge in [-0.1, -0.05) is 12.1 Å². The summed E-state index contributed by atoms with van der Waals surface area (Å²) in [6.07, 6.45) is 2.02. The summed E-state index contributed by atoms with van der Waals surface area (Å²) in [4.78, 5) is 16.1. The zero-order valence-electron chi connectivity index (χ0n) is 14.9. The maximum absolute atomic E-state index is 12.5. The van der Waals surface area contributed by atoms with Gasteiger partial charge in [0.05, 0.1) is 5.56 Å². The van der Waals surface area contributed by atoms with Crippen molar-refractivity contribution in [1.29, 1.82) is 0 Å². The highest BCUT2D eigenvalue weighted by Gasteiger charge is 2.23. The van der Waals surface area contributed by atoms with Crippen LogP contribution in [-0.4, -0.2) is 46.4 Å². The molecule has 1 aromatic heterocycles. The number of sulfonamides is 1. The van der Waals surface area contributed by atoms with Gasteiger partial charge in [-0.3, -0.25) is 4.79 Å². The Bertz CT molecular complexity index is 867. The highest BCUT2D eigenvalue weighted by atomic mass is 32.2. The fraction of sp³-hybridized carbons (Fsp3) is 0.389. The molecule has 1 aliphatic heterocycles. The van der Waals surface area contributed by atoms with Gasteiger partial charge in [-0.2, -0.15) is 0 Å². The van der Waals surface area contributed by atoms with Crippen LogP contribution in [0.4, 0.5) is 5.69 Å². The van der Waals surface area contributed by atoms with Crippen LogP contribution in [0.25, 0.3) is 0 Å². The second-order valence-electron chi connectivity index (χ2n) is 6.54. The number of nitrogens with zero attached hydrogens (tertiary/aromatic N) is 2. The van der Waals surface area contributed by atoms with E-state index >= 15 is 0 Å². The molecule has 2 heterocycles. The number of rotatable bonds is 6. The molecule has 1 fully saturated rings. The van der Waals surface area contributed by atoms with Gasteiger partial charge in [0.1, 0.15) is 4.21 Å². The number of thiophene rings is 1. The smallest absolute Gasteiger partial charge is 0.254 e. The van der Waals surface area contributed by atoms with Crippen molar-refractivity contribution in [3.63, 3.8) is 0 Å². The van der Waals surface area contributed by atoms with E-state index in [0.717, 1.165) is 48.5 Å². The van der Waals surface area contributed by atoms with E-state index in [1.165, 1.54) is 6.07 Å². The summed E-state index contributed by atoms with van der Waals surface area (Å²) in [5.74, 6) is -0.0838. The summed E-state index contributed by atoms with van der Waals surface area (Å²) in [7, 11) is 0.274. The number of hydrogen-bond donors (Lipinski definition) is 1. The SMILES string of the molecule is CN(C)c1ccc(CNS(=O)(=O)c2cc(C(=O)N3CCCC3)cs2)cc1. The van der Waals surface area contributed by atoms with Crippen molar-refractivity contribution < 1.29 is 13.2 Å². The topological polar surface area (TPSA) is 69.7 Å². The number of anilines is 1. The lowest BCUT2D eigenvalue weighted by Crippen LogP contribution is -2.27. The summed E-state index contributed by atoms with van der Waals surface area (Å²) < 4.78 is 27.8. The molecule has 0 unspecified atom stereocenters. The van der Waals surface area contributed by atoms with Gasteiger partial charge < -0.3 is 9.80 Å². The van der Waals surface area contributed by atoms with Crippen LogP contribution < -0.4 is 9.62 Å². The first kappa shape index (κ1) is 18.9. The van der Waals surface area contributed by atoms with E-state index in [1.807, 2.05) is 43.3 Å².